The minimum Gasteiger partial charge on any atom is -0.488 e. The van der Waals surface area contributed by atoms with Gasteiger partial charge in [-0.1, -0.05) is 12.1 Å². The summed E-state index contributed by atoms with van der Waals surface area (Å²) in [5.74, 6) is 0.438. The lowest BCUT2D eigenvalue weighted by atomic mass is 10.2. The number of nitrogens with zero attached hydrogens (tertiary/aromatic N) is 1. The van der Waals surface area contributed by atoms with E-state index in [0.29, 0.717) is 23.2 Å². The smallest absolute Gasteiger partial charge is 0.137 e. The third-order valence-corrected chi connectivity index (χ3v) is 1.84. The molecule has 0 bridgehead atoms. The van der Waals surface area contributed by atoms with Crippen molar-refractivity contribution < 1.29 is 9.13 Å². The number of ether oxygens (including phenoxy) is 1. The fraction of sp³-hybridized carbons (Fsp3) is 0.182. The topological polar surface area (TPSA) is 59.0 Å². The van der Waals surface area contributed by atoms with Crippen LogP contribution < -0.4 is 10.5 Å². The van der Waals surface area contributed by atoms with E-state index in [4.69, 9.17) is 15.7 Å². The third kappa shape index (κ3) is 3.08. The van der Waals surface area contributed by atoms with Crippen LogP contribution in [0.2, 0.25) is 0 Å². The Morgan fingerprint density at radius 3 is 2.87 bits per heavy atom. The average molecular weight is 206 g/mol. The van der Waals surface area contributed by atoms with E-state index in [1.807, 2.05) is 6.07 Å². The van der Waals surface area contributed by atoms with Crippen LogP contribution in [0.25, 0.3) is 0 Å². The third-order valence-electron chi connectivity index (χ3n) is 1.84. The summed E-state index contributed by atoms with van der Waals surface area (Å²) in [5, 5.41) is 8.75. The maximum Gasteiger partial charge on any atom is 0.137 e. The van der Waals surface area contributed by atoms with Crippen LogP contribution in [-0.4, -0.2) is 13.2 Å². The van der Waals surface area contributed by atoms with Gasteiger partial charge in [0.2, 0.25) is 0 Å². The van der Waals surface area contributed by atoms with Gasteiger partial charge in [0.1, 0.15) is 18.4 Å². The summed E-state index contributed by atoms with van der Waals surface area (Å²) in [4.78, 5) is 0. The van der Waals surface area contributed by atoms with Gasteiger partial charge in [0.25, 0.3) is 0 Å². The minimum absolute atomic E-state index is 0.0612. The number of nitriles is 1. The zero-order chi connectivity index (χ0) is 11.1. The molecule has 0 aliphatic rings. The van der Waals surface area contributed by atoms with Crippen molar-refractivity contribution in [3.8, 4) is 11.8 Å². The molecule has 0 amide bonds. The van der Waals surface area contributed by atoms with E-state index in [9.17, 15) is 4.39 Å². The van der Waals surface area contributed by atoms with Gasteiger partial charge in [-0.2, -0.15) is 5.26 Å². The largest absolute Gasteiger partial charge is 0.488 e. The van der Waals surface area contributed by atoms with Crippen molar-refractivity contribution in [2.24, 2.45) is 5.73 Å². The van der Waals surface area contributed by atoms with Crippen molar-refractivity contribution in [3.63, 3.8) is 0 Å². The zero-order valence-corrected chi connectivity index (χ0v) is 8.11. The van der Waals surface area contributed by atoms with Crippen LogP contribution >= 0.6 is 0 Å². The molecule has 1 aromatic rings. The molecule has 0 saturated heterocycles. The maximum absolute atomic E-state index is 12.2. The van der Waals surface area contributed by atoms with Gasteiger partial charge in [0, 0.05) is 12.1 Å². The summed E-state index contributed by atoms with van der Waals surface area (Å²) < 4.78 is 17.4. The molecule has 0 unspecified atom stereocenters. The van der Waals surface area contributed by atoms with Gasteiger partial charge >= 0.3 is 0 Å². The Kier molecular flexibility index (Phi) is 4.32. The molecule has 0 saturated carbocycles. The second kappa shape index (κ2) is 5.78. The van der Waals surface area contributed by atoms with Gasteiger partial charge in [-0.05, 0) is 12.1 Å². The van der Waals surface area contributed by atoms with Crippen molar-refractivity contribution in [1.82, 2.24) is 0 Å². The highest BCUT2D eigenvalue weighted by Crippen LogP contribution is 2.17. The molecule has 0 atom stereocenters. The van der Waals surface area contributed by atoms with Crippen molar-refractivity contribution >= 4 is 0 Å². The van der Waals surface area contributed by atoms with Crippen LogP contribution in [0.5, 0.6) is 5.75 Å². The Morgan fingerprint density at radius 1 is 1.53 bits per heavy atom. The molecule has 0 aromatic heterocycles. The normalized spacial score (nSPS) is 10.9. The van der Waals surface area contributed by atoms with Crippen molar-refractivity contribution in [2.45, 2.75) is 0 Å². The molecular weight excluding hydrogens is 195 g/mol. The van der Waals surface area contributed by atoms with E-state index >= 15 is 0 Å². The van der Waals surface area contributed by atoms with E-state index in [-0.39, 0.29) is 13.2 Å². The van der Waals surface area contributed by atoms with Crippen molar-refractivity contribution in [1.29, 1.82) is 5.26 Å². The molecule has 1 aromatic carbocycles. The Balaban J connectivity index is 2.70. The standard InChI is InChI=1S/C11H11FN2O/c12-5-9(6-13)8-15-11-4-2-1-3-10(11)7-14/h1-5H,6,8,13H2. The highest BCUT2D eigenvalue weighted by molar-refractivity contribution is 5.42. The summed E-state index contributed by atoms with van der Waals surface area (Å²) in [5.41, 5.74) is 6.04. The first-order chi connectivity index (χ1) is 7.31. The SMILES string of the molecule is N#Cc1ccccc1OCC(=CF)CN. The second-order valence-electron chi connectivity index (χ2n) is 2.87. The van der Waals surface area contributed by atoms with Crippen LogP contribution in [0.15, 0.2) is 36.2 Å². The van der Waals surface area contributed by atoms with Crippen molar-refractivity contribution in [3.05, 3.63) is 41.7 Å². The number of halogens is 1. The van der Waals surface area contributed by atoms with E-state index in [2.05, 4.69) is 0 Å². The molecule has 0 fully saturated rings. The first-order valence-corrected chi connectivity index (χ1v) is 4.42. The first-order valence-electron chi connectivity index (χ1n) is 4.42. The van der Waals surface area contributed by atoms with E-state index in [1.54, 1.807) is 24.3 Å². The molecule has 0 radical (unpaired) electrons. The molecule has 0 aliphatic heterocycles. The van der Waals surface area contributed by atoms with Gasteiger partial charge < -0.3 is 10.5 Å². The Labute approximate surface area is 87.6 Å². The van der Waals surface area contributed by atoms with Crippen LogP contribution in [-0.2, 0) is 0 Å². The number of hydrogen-bond acceptors (Lipinski definition) is 3. The monoisotopic (exact) mass is 206 g/mol. The van der Waals surface area contributed by atoms with E-state index < -0.39 is 0 Å². The molecule has 1 rings (SSSR count). The predicted octanol–water partition coefficient (Wildman–Crippen LogP) is 1.75. The fourth-order valence-electron chi connectivity index (χ4n) is 0.990. The summed E-state index contributed by atoms with van der Waals surface area (Å²) in [6.07, 6.45) is 0.426. The number of hydrogen-bond donors (Lipinski definition) is 1. The van der Waals surface area contributed by atoms with Gasteiger partial charge in [-0.3, -0.25) is 0 Å². The van der Waals surface area contributed by atoms with Gasteiger partial charge in [0.05, 0.1) is 11.9 Å². The average Bonchev–Trinajstić information content (AvgIpc) is 2.31. The van der Waals surface area contributed by atoms with Crippen LogP contribution in [0.3, 0.4) is 0 Å². The Morgan fingerprint density at radius 2 is 2.27 bits per heavy atom. The molecule has 0 spiro atoms. The summed E-state index contributed by atoms with van der Waals surface area (Å²) in [6.45, 7) is 0.164. The fourth-order valence-corrected chi connectivity index (χ4v) is 0.990. The van der Waals surface area contributed by atoms with Gasteiger partial charge in [-0.15, -0.1) is 0 Å². The number of para-hydroxylation sites is 1. The molecule has 0 aliphatic carbocycles. The van der Waals surface area contributed by atoms with Crippen molar-refractivity contribution in [2.75, 3.05) is 13.2 Å². The number of rotatable bonds is 4. The summed E-state index contributed by atoms with van der Waals surface area (Å²) in [7, 11) is 0. The Bertz CT molecular complexity index is 396. The maximum atomic E-state index is 12.2. The molecular formula is C11H11FN2O. The van der Waals surface area contributed by atoms with Crippen LogP contribution in [0, 0.1) is 11.3 Å². The quantitative estimate of drug-likeness (QED) is 0.816. The Hall–Kier alpha value is -1.86. The molecule has 15 heavy (non-hydrogen) atoms. The molecule has 3 nitrogen and oxygen atoms in total. The van der Waals surface area contributed by atoms with Gasteiger partial charge in [-0.25, -0.2) is 4.39 Å². The lowest BCUT2D eigenvalue weighted by Crippen LogP contribution is -2.11. The highest BCUT2D eigenvalue weighted by atomic mass is 19.1. The first kappa shape index (κ1) is 11.2. The van der Waals surface area contributed by atoms with E-state index in [0.717, 1.165) is 0 Å². The molecule has 2 N–H and O–H groups in total. The van der Waals surface area contributed by atoms with Gasteiger partial charge in [0.15, 0.2) is 0 Å². The second-order valence-corrected chi connectivity index (χ2v) is 2.87. The van der Waals surface area contributed by atoms with E-state index in [1.165, 1.54) is 0 Å². The zero-order valence-electron chi connectivity index (χ0n) is 8.11. The summed E-state index contributed by atoms with van der Waals surface area (Å²) in [6, 6.07) is 8.76. The number of nitrogens with two attached hydrogens (primary N) is 1. The molecule has 0 heterocycles. The van der Waals surface area contributed by atoms with Crippen LogP contribution in [0.1, 0.15) is 5.56 Å². The lowest BCUT2D eigenvalue weighted by Gasteiger charge is -2.07. The minimum atomic E-state index is 0.0612. The highest BCUT2D eigenvalue weighted by Gasteiger charge is 2.02. The molecule has 78 valence electrons. The lowest BCUT2D eigenvalue weighted by molar-refractivity contribution is 0.346. The molecule has 4 heteroatoms. The van der Waals surface area contributed by atoms with Crippen LogP contribution in [0.4, 0.5) is 4.39 Å². The summed E-state index contributed by atoms with van der Waals surface area (Å²) >= 11 is 0. The number of benzene rings is 1. The predicted molar refractivity (Wildman–Crippen MR) is 54.9 cm³/mol.